The lowest BCUT2D eigenvalue weighted by Crippen LogP contribution is -2.45. The first-order chi connectivity index (χ1) is 9.97. The van der Waals surface area contributed by atoms with Crippen molar-refractivity contribution in [3.63, 3.8) is 0 Å². The van der Waals surface area contributed by atoms with E-state index in [0.29, 0.717) is 12.1 Å². The highest BCUT2D eigenvalue weighted by molar-refractivity contribution is 5.42. The second-order valence-corrected chi connectivity index (χ2v) is 6.66. The number of pyridine rings is 1. The molecule has 0 spiro atoms. The standard InChI is InChI=1S/C17H30N4/c1-13(2)18-11-15-8-9-17(19-14(15)3)21-10-6-7-16(12-21)20(4)5/h8-9,13,16,18H,6-7,10-12H2,1-5H3. The molecule has 1 aromatic heterocycles. The van der Waals surface area contributed by atoms with Crippen LogP contribution in [0.3, 0.4) is 0 Å². The topological polar surface area (TPSA) is 31.4 Å². The van der Waals surface area contributed by atoms with Gasteiger partial charge in [0.1, 0.15) is 5.82 Å². The molecule has 1 aliphatic heterocycles. The minimum atomic E-state index is 0.507. The molecule has 0 bridgehead atoms. The number of likely N-dealkylation sites (N-methyl/N-ethyl adjacent to an activating group) is 1. The minimum absolute atomic E-state index is 0.507. The number of aryl methyl sites for hydroxylation is 1. The van der Waals surface area contributed by atoms with Crippen LogP contribution in [-0.4, -0.2) is 49.2 Å². The number of hydrogen-bond donors (Lipinski definition) is 1. The molecule has 2 heterocycles. The summed E-state index contributed by atoms with van der Waals surface area (Å²) in [6.45, 7) is 9.58. The van der Waals surface area contributed by atoms with Crippen LogP contribution in [0.4, 0.5) is 5.82 Å². The Morgan fingerprint density at radius 3 is 2.76 bits per heavy atom. The number of hydrogen-bond acceptors (Lipinski definition) is 4. The van der Waals surface area contributed by atoms with Gasteiger partial charge in [0.05, 0.1) is 0 Å². The highest BCUT2D eigenvalue weighted by Gasteiger charge is 2.22. The quantitative estimate of drug-likeness (QED) is 0.902. The van der Waals surface area contributed by atoms with Gasteiger partial charge in [-0.2, -0.15) is 0 Å². The Morgan fingerprint density at radius 1 is 1.38 bits per heavy atom. The minimum Gasteiger partial charge on any atom is -0.355 e. The maximum absolute atomic E-state index is 4.84. The highest BCUT2D eigenvalue weighted by atomic mass is 15.2. The van der Waals surface area contributed by atoms with Gasteiger partial charge in [-0.3, -0.25) is 0 Å². The highest BCUT2D eigenvalue weighted by Crippen LogP contribution is 2.21. The van der Waals surface area contributed by atoms with Crippen molar-refractivity contribution in [2.24, 2.45) is 0 Å². The first-order valence-electron chi connectivity index (χ1n) is 8.08. The van der Waals surface area contributed by atoms with Crippen molar-refractivity contribution < 1.29 is 0 Å². The zero-order chi connectivity index (χ0) is 15.4. The van der Waals surface area contributed by atoms with Crippen LogP contribution < -0.4 is 10.2 Å². The second kappa shape index (κ2) is 7.23. The van der Waals surface area contributed by atoms with Crippen LogP contribution in [0.1, 0.15) is 37.9 Å². The molecule has 1 unspecified atom stereocenters. The summed E-state index contributed by atoms with van der Waals surface area (Å²) in [6.07, 6.45) is 2.54. The molecule has 118 valence electrons. The van der Waals surface area contributed by atoms with Crippen molar-refractivity contribution in [1.82, 2.24) is 15.2 Å². The fourth-order valence-electron chi connectivity index (χ4n) is 2.84. The molecular weight excluding hydrogens is 260 g/mol. The van der Waals surface area contributed by atoms with Crippen LogP contribution in [0.15, 0.2) is 12.1 Å². The Bertz CT molecular complexity index is 456. The summed E-state index contributed by atoms with van der Waals surface area (Å²) in [5, 5.41) is 3.46. The Hall–Kier alpha value is -1.13. The van der Waals surface area contributed by atoms with Crippen LogP contribution in [0, 0.1) is 6.92 Å². The summed E-state index contributed by atoms with van der Waals surface area (Å²) >= 11 is 0. The first-order valence-corrected chi connectivity index (χ1v) is 8.08. The fraction of sp³-hybridized carbons (Fsp3) is 0.706. The molecule has 1 atom stereocenters. The molecular formula is C17H30N4. The Morgan fingerprint density at radius 2 is 2.14 bits per heavy atom. The molecule has 0 aliphatic carbocycles. The monoisotopic (exact) mass is 290 g/mol. The molecule has 1 aromatic rings. The van der Waals surface area contributed by atoms with E-state index in [0.717, 1.165) is 31.1 Å². The lowest BCUT2D eigenvalue weighted by Gasteiger charge is -2.37. The average Bonchev–Trinajstić information content (AvgIpc) is 2.46. The van der Waals surface area contributed by atoms with E-state index in [4.69, 9.17) is 4.98 Å². The predicted molar refractivity (Wildman–Crippen MR) is 89.9 cm³/mol. The molecule has 1 N–H and O–H groups in total. The van der Waals surface area contributed by atoms with Crippen LogP contribution in [0.2, 0.25) is 0 Å². The normalized spacial score (nSPS) is 19.6. The molecule has 4 nitrogen and oxygen atoms in total. The lowest BCUT2D eigenvalue weighted by molar-refractivity contribution is 0.257. The van der Waals surface area contributed by atoms with E-state index < -0.39 is 0 Å². The van der Waals surface area contributed by atoms with E-state index in [2.05, 4.69) is 62.1 Å². The summed E-state index contributed by atoms with van der Waals surface area (Å²) in [6, 6.07) is 5.56. The molecule has 21 heavy (non-hydrogen) atoms. The van der Waals surface area contributed by atoms with Crippen molar-refractivity contribution in [3.8, 4) is 0 Å². The van der Waals surface area contributed by atoms with Crippen molar-refractivity contribution in [2.75, 3.05) is 32.1 Å². The summed E-state index contributed by atoms with van der Waals surface area (Å²) < 4.78 is 0. The SMILES string of the molecule is Cc1nc(N2CCCC(N(C)C)C2)ccc1CNC(C)C. The van der Waals surface area contributed by atoms with Crippen LogP contribution in [-0.2, 0) is 6.54 Å². The summed E-state index contributed by atoms with van der Waals surface area (Å²) in [4.78, 5) is 9.60. The first kappa shape index (κ1) is 16.2. The Kier molecular flexibility index (Phi) is 5.59. The van der Waals surface area contributed by atoms with E-state index in [1.54, 1.807) is 0 Å². The maximum Gasteiger partial charge on any atom is 0.128 e. The largest absolute Gasteiger partial charge is 0.355 e. The maximum atomic E-state index is 4.84. The third-order valence-electron chi connectivity index (χ3n) is 4.33. The smallest absolute Gasteiger partial charge is 0.128 e. The van der Waals surface area contributed by atoms with E-state index in [9.17, 15) is 0 Å². The van der Waals surface area contributed by atoms with E-state index in [-0.39, 0.29) is 0 Å². The molecule has 0 radical (unpaired) electrons. The summed E-state index contributed by atoms with van der Waals surface area (Å²) in [5.41, 5.74) is 2.45. The number of rotatable bonds is 5. The average molecular weight is 290 g/mol. The van der Waals surface area contributed by atoms with Crippen LogP contribution in [0.25, 0.3) is 0 Å². The van der Waals surface area contributed by atoms with Gasteiger partial charge in [-0.05, 0) is 45.5 Å². The zero-order valence-corrected chi connectivity index (χ0v) is 14.2. The molecule has 0 saturated carbocycles. The lowest BCUT2D eigenvalue weighted by atomic mass is 10.0. The Balaban J connectivity index is 2.05. The van der Waals surface area contributed by atoms with Crippen molar-refractivity contribution >= 4 is 5.82 Å². The molecule has 0 aromatic carbocycles. The molecule has 1 aliphatic rings. The summed E-state index contributed by atoms with van der Waals surface area (Å²) in [5.74, 6) is 1.13. The zero-order valence-electron chi connectivity index (χ0n) is 14.2. The third kappa shape index (κ3) is 4.42. The van der Waals surface area contributed by atoms with Gasteiger partial charge in [-0.25, -0.2) is 4.98 Å². The van der Waals surface area contributed by atoms with Gasteiger partial charge < -0.3 is 15.1 Å². The summed E-state index contributed by atoms with van der Waals surface area (Å²) in [7, 11) is 4.35. The number of piperidine rings is 1. The second-order valence-electron chi connectivity index (χ2n) is 6.66. The molecule has 4 heteroatoms. The van der Waals surface area contributed by atoms with Gasteiger partial charge in [0.25, 0.3) is 0 Å². The Labute approximate surface area is 129 Å². The van der Waals surface area contributed by atoms with Crippen LogP contribution in [0.5, 0.6) is 0 Å². The van der Waals surface area contributed by atoms with Gasteiger partial charge >= 0.3 is 0 Å². The van der Waals surface area contributed by atoms with Gasteiger partial charge in [-0.15, -0.1) is 0 Å². The third-order valence-corrected chi connectivity index (χ3v) is 4.33. The van der Waals surface area contributed by atoms with Gasteiger partial charge in [0.15, 0.2) is 0 Å². The van der Waals surface area contributed by atoms with Crippen LogP contribution >= 0.6 is 0 Å². The van der Waals surface area contributed by atoms with E-state index in [1.807, 2.05) is 0 Å². The fourth-order valence-corrected chi connectivity index (χ4v) is 2.84. The van der Waals surface area contributed by atoms with E-state index in [1.165, 1.54) is 18.4 Å². The number of nitrogens with zero attached hydrogens (tertiary/aromatic N) is 3. The van der Waals surface area contributed by atoms with Gasteiger partial charge in [-0.1, -0.05) is 19.9 Å². The number of anilines is 1. The molecule has 0 amide bonds. The predicted octanol–water partition coefficient (Wildman–Crippen LogP) is 2.42. The molecule has 1 saturated heterocycles. The van der Waals surface area contributed by atoms with E-state index >= 15 is 0 Å². The molecule has 2 rings (SSSR count). The van der Waals surface area contributed by atoms with Gasteiger partial charge in [0.2, 0.25) is 0 Å². The molecule has 1 fully saturated rings. The van der Waals surface area contributed by atoms with Crippen molar-refractivity contribution in [1.29, 1.82) is 0 Å². The number of nitrogens with one attached hydrogen (secondary N) is 1. The van der Waals surface area contributed by atoms with Crippen molar-refractivity contribution in [3.05, 3.63) is 23.4 Å². The van der Waals surface area contributed by atoms with Gasteiger partial charge in [0, 0.05) is 37.4 Å². The van der Waals surface area contributed by atoms with Crippen molar-refractivity contribution in [2.45, 2.75) is 52.2 Å². The number of aromatic nitrogens is 1.